The van der Waals surface area contributed by atoms with Crippen LogP contribution in [0.3, 0.4) is 0 Å². The first-order chi connectivity index (χ1) is 10.9. The first-order valence-corrected chi connectivity index (χ1v) is 6.62. The molecule has 0 radical (unpaired) electrons. The average molecular weight is 320 g/mol. The fourth-order valence-corrected chi connectivity index (χ4v) is 1.97. The largest absolute Gasteiger partial charge is 0.495 e. The van der Waals surface area contributed by atoms with Crippen LogP contribution in [0.1, 0.15) is 17.3 Å². The third-order valence-corrected chi connectivity index (χ3v) is 2.89. The minimum absolute atomic E-state index is 0.172. The molecule has 0 aliphatic carbocycles. The van der Waals surface area contributed by atoms with Gasteiger partial charge in [0.15, 0.2) is 0 Å². The van der Waals surface area contributed by atoms with E-state index in [-0.39, 0.29) is 17.2 Å². The molecule has 120 valence electrons. The zero-order valence-corrected chi connectivity index (χ0v) is 12.4. The maximum Gasteiger partial charge on any atom is 0.255 e. The predicted molar refractivity (Wildman–Crippen MR) is 81.6 cm³/mol. The van der Waals surface area contributed by atoms with E-state index in [0.29, 0.717) is 17.5 Å². The van der Waals surface area contributed by atoms with E-state index in [0.717, 1.165) is 12.1 Å². The zero-order valence-electron chi connectivity index (χ0n) is 12.4. The number of methoxy groups -OCH3 is 1. The van der Waals surface area contributed by atoms with E-state index in [1.165, 1.54) is 20.1 Å². The van der Waals surface area contributed by atoms with Gasteiger partial charge in [-0.3, -0.25) is 9.59 Å². The summed E-state index contributed by atoms with van der Waals surface area (Å²) in [5.41, 5.74) is 0.530. The SMILES string of the molecule is COc1ccc(NC(C)=O)cc1NC(=O)c1cc(F)cc(F)c1. The average Bonchev–Trinajstić information content (AvgIpc) is 2.46. The Morgan fingerprint density at radius 1 is 1.00 bits per heavy atom. The van der Waals surface area contributed by atoms with Gasteiger partial charge in [0.1, 0.15) is 17.4 Å². The summed E-state index contributed by atoms with van der Waals surface area (Å²) in [7, 11) is 1.41. The Morgan fingerprint density at radius 2 is 1.65 bits per heavy atom. The Hall–Kier alpha value is -2.96. The van der Waals surface area contributed by atoms with Crippen LogP contribution in [-0.4, -0.2) is 18.9 Å². The fourth-order valence-electron chi connectivity index (χ4n) is 1.97. The molecule has 2 N–H and O–H groups in total. The molecule has 0 fully saturated rings. The van der Waals surface area contributed by atoms with Crippen LogP contribution >= 0.6 is 0 Å². The molecule has 5 nitrogen and oxygen atoms in total. The second-order valence-electron chi connectivity index (χ2n) is 4.71. The lowest BCUT2D eigenvalue weighted by Gasteiger charge is -2.12. The first-order valence-electron chi connectivity index (χ1n) is 6.62. The van der Waals surface area contributed by atoms with Gasteiger partial charge in [0.25, 0.3) is 5.91 Å². The first kappa shape index (κ1) is 16.4. The van der Waals surface area contributed by atoms with E-state index >= 15 is 0 Å². The molecule has 0 aromatic heterocycles. The quantitative estimate of drug-likeness (QED) is 0.909. The molecule has 0 saturated carbocycles. The fraction of sp³-hybridized carbons (Fsp3) is 0.125. The Bertz CT molecular complexity index is 743. The van der Waals surface area contributed by atoms with Crippen LogP contribution < -0.4 is 15.4 Å². The molecule has 2 rings (SSSR count). The third kappa shape index (κ3) is 4.26. The standard InChI is InChI=1S/C16H14F2N2O3/c1-9(21)19-13-3-4-15(23-2)14(8-13)20-16(22)10-5-11(17)7-12(18)6-10/h3-8H,1-2H3,(H,19,21)(H,20,22). The van der Waals surface area contributed by atoms with Gasteiger partial charge in [0.2, 0.25) is 5.91 Å². The van der Waals surface area contributed by atoms with Crippen molar-refractivity contribution in [3.8, 4) is 5.75 Å². The lowest BCUT2D eigenvalue weighted by molar-refractivity contribution is -0.114. The molecular weight excluding hydrogens is 306 g/mol. The maximum absolute atomic E-state index is 13.2. The molecule has 23 heavy (non-hydrogen) atoms. The van der Waals surface area contributed by atoms with Gasteiger partial charge >= 0.3 is 0 Å². The zero-order chi connectivity index (χ0) is 17.0. The molecule has 2 aromatic carbocycles. The summed E-state index contributed by atoms with van der Waals surface area (Å²) in [5, 5.41) is 5.06. The van der Waals surface area contributed by atoms with E-state index in [9.17, 15) is 18.4 Å². The number of hydrogen-bond acceptors (Lipinski definition) is 3. The highest BCUT2D eigenvalue weighted by molar-refractivity contribution is 6.05. The summed E-state index contributed by atoms with van der Waals surface area (Å²) in [6, 6.07) is 7.14. The van der Waals surface area contributed by atoms with Gasteiger partial charge in [0, 0.05) is 24.2 Å². The Kier molecular flexibility index (Phi) is 4.90. The van der Waals surface area contributed by atoms with Crippen LogP contribution in [0.25, 0.3) is 0 Å². The molecule has 0 aliphatic heterocycles. The van der Waals surface area contributed by atoms with Gasteiger partial charge in [-0.25, -0.2) is 8.78 Å². The molecule has 2 aromatic rings. The molecule has 0 spiro atoms. The van der Waals surface area contributed by atoms with Crippen LogP contribution in [0.5, 0.6) is 5.75 Å². The van der Waals surface area contributed by atoms with Crippen molar-refractivity contribution >= 4 is 23.2 Å². The van der Waals surface area contributed by atoms with Crippen LogP contribution in [0.4, 0.5) is 20.2 Å². The van der Waals surface area contributed by atoms with Crippen LogP contribution in [0.2, 0.25) is 0 Å². The number of anilines is 2. The van der Waals surface area contributed by atoms with Gasteiger partial charge < -0.3 is 15.4 Å². The number of carbonyl (C=O) groups is 2. The molecular formula is C16H14F2N2O3. The van der Waals surface area contributed by atoms with Gasteiger partial charge in [-0.05, 0) is 30.3 Å². The van der Waals surface area contributed by atoms with Gasteiger partial charge in [0.05, 0.1) is 12.8 Å². The van der Waals surface area contributed by atoms with E-state index in [1.54, 1.807) is 12.1 Å². The van der Waals surface area contributed by atoms with E-state index in [2.05, 4.69) is 10.6 Å². The number of carbonyl (C=O) groups excluding carboxylic acids is 2. The summed E-state index contributed by atoms with van der Waals surface area (Å²) >= 11 is 0. The Balaban J connectivity index is 2.30. The number of halogens is 2. The number of ether oxygens (including phenoxy) is 1. The van der Waals surface area contributed by atoms with Crippen molar-refractivity contribution in [3.63, 3.8) is 0 Å². The summed E-state index contributed by atoms with van der Waals surface area (Å²) in [4.78, 5) is 23.2. The normalized spacial score (nSPS) is 10.1. The third-order valence-electron chi connectivity index (χ3n) is 2.89. The molecule has 0 aliphatic rings. The minimum Gasteiger partial charge on any atom is -0.495 e. The van der Waals surface area contributed by atoms with Crippen molar-refractivity contribution in [2.24, 2.45) is 0 Å². The summed E-state index contributed by atoms with van der Waals surface area (Å²) < 4.78 is 31.5. The monoisotopic (exact) mass is 320 g/mol. The molecule has 0 bridgehead atoms. The predicted octanol–water partition coefficient (Wildman–Crippen LogP) is 3.18. The number of nitrogens with one attached hydrogen (secondary N) is 2. The molecule has 0 unspecified atom stereocenters. The van der Waals surface area contributed by atoms with Crippen molar-refractivity contribution in [2.75, 3.05) is 17.7 Å². The summed E-state index contributed by atoms with van der Waals surface area (Å²) in [5.74, 6) is -2.35. The number of rotatable bonds is 4. The van der Waals surface area contributed by atoms with Crippen molar-refractivity contribution < 1.29 is 23.1 Å². The van der Waals surface area contributed by atoms with Crippen LogP contribution in [0.15, 0.2) is 36.4 Å². The minimum atomic E-state index is -0.853. The topological polar surface area (TPSA) is 67.4 Å². The summed E-state index contributed by atoms with van der Waals surface area (Å²) in [6.07, 6.45) is 0. The molecule has 0 saturated heterocycles. The summed E-state index contributed by atoms with van der Waals surface area (Å²) in [6.45, 7) is 1.35. The molecule has 0 atom stereocenters. The van der Waals surface area contributed by atoms with Crippen molar-refractivity contribution in [1.82, 2.24) is 0 Å². The van der Waals surface area contributed by atoms with Crippen molar-refractivity contribution in [2.45, 2.75) is 6.92 Å². The molecule has 2 amide bonds. The highest BCUT2D eigenvalue weighted by Crippen LogP contribution is 2.28. The Morgan fingerprint density at radius 3 is 2.22 bits per heavy atom. The van der Waals surface area contributed by atoms with E-state index in [4.69, 9.17) is 4.74 Å². The van der Waals surface area contributed by atoms with Crippen molar-refractivity contribution in [3.05, 3.63) is 53.6 Å². The van der Waals surface area contributed by atoms with E-state index < -0.39 is 17.5 Å². The smallest absolute Gasteiger partial charge is 0.255 e. The second kappa shape index (κ2) is 6.87. The lowest BCUT2D eigenvalue weighted by atomic mass is 10.2. The van der Waals surface area contributed by atoms with E-state index in [1.807, 2.05) is 0 Å². The molecule has 0 heterocycles. The number of amides is 2. The van der Waals surface area contributed by atoms with Crippen molar-refractivity contribution in [1.29, 1.82) is 0 Å². The number of benzene rings is 2. The Labute approximate surface area is 131 Å². The van der Waals surface area contributed by atoms with Crippen LogP contribution in [0, 0.1) is 11.6 Å². The van der Waals surface area contributed by atoms with Crippen LogP contribution in [-0.2, 0) is 4.79 Å². The maximum atomic E-state index is 13.2. The van der Waals surface area contributed by atoms with Gasteiger partial charge in [-0.1, -0.05) is 0 Å². The highest BCUT2D eigenvalue weighted by Gasteiger charge is 2.13. The molecule has 7 heteroatoms. The lowest BCUT2D eigenvalue weighted by Crippen LogP contribution is -2.14. The highest BCUT2D eigenvalue weighted by atomic mass is 19.1. The van der Waals surface area contributed by atoms with Gasteiger partial charge in [-0.2, -0.15) is 0 Å². The second-order valence-corrected chi connectivity index (χ2v) is 4.71. The van der Waals surface area contributed by atoms with Gasteiger partial charge in [-0.15, -0.1) is 0 Å². The number of hydrogen-bond donors (Lipinski definition) is 2.